The lowest BCUT2D eigenvalue weighted by molar-refractivity contribution is 0.317. The molecule has 0 aliphatic carbocycles. The summed E-state index contributed by atoms with van der Waals surface area (Å²) in [6.45, 7) is 4.85. The third-order valence-electron chi connectivity index (χ3n) is 3.00. The maximum atomic E-state index is 5.82. The van der Waals surface area contributed by atoms with Crippen molar-refractivity contribution in [1.82, 2.24) is 4.98 Å². The molecule has 0 saturated carbocycles. The third kappa shape index (κ3) is 3.63. The lowest BCUT2D eigenvalue weighted by Gasteiger charge is -2.17. The van der Waals surface area contributed by atoms with Gasteiger partial charge in [0.15, 0.2) is 11.6 Å². The van der Waals surface area contributed by atoms with Crippen LogP contribution in [0.4, 0.5) is 11.5 Å². The SMILES string of the molecule is CCCOc1cccnc1NC(C)c1cccc(N)c1. The second kappa shape index (κ2) is 6.80. The monoisotopic (exact) mass is 271 g/mol. The first-order valence-electron chi connectivity index (χ1n) is 6.90. The van der Waals surface area contributed by atoms with Crippen LogP contribution in [0, 0.1) is 0 Å². The highest BCUT2D eigenvalue weighted by atomic mass is 16.5. The Kier molecular flexibility index (Phi) is 4.82. The fourth-order valence-electron chi connectivity index (χ4n) is 1.94. The minimum absolute atomic E-state index is 0.109. The normalized spacial score (nSPS) is 11.9. The van der Waals surface area contributed by atoms with E-state index >= 15 is 0 Å². The molecule has 0 aliphatic rings. The number of nitrogens with one attached hydrogen (secondary N) is 1. The number of benzene rings is 1. The molecule has 1 aromatic carbocycles. The van der Waals surface area contributed by atoms with Gasteiger partial charge >= 0.3 is 0 Å². The molecule has 0 bridgehead atoms. The maximum absolute atomic E-state index is 5.82. The molecule has 0 fully saturated rings. The van der Waals surface area contributed by atoms with Crippen LogP contribution in [0.15, 0.2) is 42.6 Å². The van der Waals surface area contributed by atoms with E-state index in [1.54, 1.807) is 6.20 Å². The summed E-state index contributed by atoms with van der Waals surface area (Å²) in [7, 11) is 0. The van der Waals surface area contributed by atoms with Gasteiger partial charge in [0, 0.05) is 11.9 Å². The molecule has 0 aliphatic heterocycles. The number of hydrogen-bond acceptors (Lipinski definition) is 4. The molecule has 20 heavy (non-hydrogen) atoms. The highest BCUT2D eigenvalue weighted by Gasteiger charge is 2.10. The molecule has 1 atom stereocenters. The molecule has 1 aromatic heterocycles. The van der Waals surface area contributed by atoms with E-state index in [9.17, 15) is 0 Å². The molecule has 0 saturated heterocycles. The second-order valence-electron chi connectivity index (χ2n) is 4.73. The van der Waals surface area contributed by atoms with Gasteiger partial charge in [-0.1, -0.05) is 19.1 Å². The van der Waals surface area contributed by atoms with Gasteiger partial charge in [-0.2, -0.15) is 0 Å². The zero-order chi connectivity index (χ0) is 14.4. The van der Waals surface area contributed by atoms with Gasteiger partial charge in [0.1, 0.15) is 0 Å². The Bertz CT molecular complexity index is 557. The highest BCUT2D eigenvalue weighted by Crippen LogP contribution is 2.26. The van der Waals surface area contributed by atoms with Crippen LogP contribution in [-0.4, -0.2) is 11.6 Å². The van der Waals surface area contributed by atoms with Crippen molar-refractivity contribution in [1.29, 1.82) is 0 Å². The number of pyridine rings is 1. The molecule has 0 amide bonds. The summed E-state index contributed by atoms with van der Waals surface area (Å²) in [5.74, 6) is 1.54. The van der Waals surface area contributed by atoms with Crippen LogP contribution >= 0.6 is 0 Å². The quantitative estimate of drug-likeness (QED) is 0.788. The van der Waals surface area contributed by atoms with Crippen LogP contribution in [0.3, 0.4) is 0 Å². The van der Waals surface area contributed by atoms with Crippen molar-refractivity contribution in [2.45, 2.75) is 26.3 Å². The number of hydrogen-bond donors (Lipinski definition) is 2. The van der Waals surface area contributed by atoms with E-state index in [1.807, 2.05) is 36.4 Å². The van der Waals surface area contributed by atoms with E-state index in [0.717, 1.165) is 29.2 Å². The first-order valence-corrected chi connectivity index (χ1v) is 6.90. The molecular weight excluding hydrogens is 250 g/mol. The highest BCUT2D eigenvalue weighted by molar-refractivity contribution is 5.52. The van der Waals surface area contributed by atoms with Crippen LogP contribution < -0.4 is 15.8 Å². The van der Waals surface area contributed by atoms with Crippen molar-refractivity contribution in [3.63, 3.8) is 0 Å². The van der Waals surface area contributed by atoms with Crippen molar-refractivity contribution in [3.05, 3.63) is 48.2 Å². The van der Waals surface area contributed by atoms with E-state index in [1.165, 1.54) is 0 Å². The molecule has 2 rings (SSSR count). The predicted octanol–water partition coefficient (Wildman–Crippen LogP) is 3.63. The van der Waals surface area contributed by atoms with Gasteiger partial charge in [-0.3, -0.25) is 0 Å². The van der Waals surface area contributed by atoms with Crippen molar-refractivity contribution < 1.29 is 4.74 Å². The first-order chi connectivity index (χ1) is 9.70. The van der Waals surface area contributed by atoms with Gasteiger partial charge in [0.2, 0.25) is 0 Å². The van der Waals surface area contributed by atoms with Crippen LogP contribution in [0.2, 0.25) is 0 Å². The van der Waals surface area contributed by atoms with Crippen molar-refractivity contribution in [3.8, 4) is 5.75 Å². The summed E-state index contributed by atoms with van der Waals surface area (Å²) in [5.41, 5.74) is 7.70. The van der Waals surface area contributed by atoms with Crippen LogP contribution in [0.5, 0.6) is 5.75 Å². The van der Waals surface area contributed by atoms with Gasteiger partial charge in [-0.15, -0.1) is 0 Å². The van der Waals surface area contributed by atoms with E-state index in [0.29, 0.717) is 6.61 Å². The standard InChI is InChI=1S/C16H21N3O/c1-3-10-20-15-8-5-9-18-16(15)19-12(2)13-6-4-7-14(17)11-13/h4-9,11-12H,3,10,17H2,1-2H3,(H,18,19). The largest absolute Gasteiger partial charge is 0.490 e. The molecule has 0 spiro atoms. The lowest BCUT2D eigenvalue weighted by Crippen LogP contribution is -2.10. The van der Waals surface area contributed by atoms with Gasteiger partial charge in [0.25, 0.3) is 0 Å². The molecule has 1 heterocycles. The summed E-state index contributed by atoms with van der Waals surface area (Å²) in [4.78, 5) is 4.35. The number of anilines is 2. The zero-order valence-electron chi connectivity index (χ0n) is 12.0. The Labute approximate surface area is 120 Å². The summed E-state index contributed by atoms with van der Waals surface area (Å²) in [5, 5.41) is 3.37. The topological polar surface area (TPSA) is 60.2 Å². The predicted molar refractivity (Wildman–Crippen MR) is 82.9 cm³/mol. The molecule has 3 N–H and O–H groups in total. The summed E-state index contributed by atoms with van der Waals surface area (Å²) in [6, 6.07) is 11.8. The number of nitrogen functional groups attached to an aromatic ring is 1. The molecule has 4 nitrogen and oxygen atoms in total. The summed E-state index contributed by atoms with van der Waals surface area (Å²) >= 11 is 0. The number of nitrogens with two attached hydrogens (primary N) is 1. The summed E-state index contributed by atoms with van der Waals surface area (Å²) in [6.07, 6.45) is 2.73. The Morgan fingerprint density at radius 2 is 2.15 bits per heavy atom. The van der Waals surface area contributed by atoms with E-state index in [-0.39, 0.29) is 6.04 Å². The minimum Gasteiger partial charge on any atom is -0.490 e. The summed E-state index contributed by atoms with van der Waals surface area (Å²) < 4.78 is 5.70. The van der Waals surface area contributed by atoms with Gasteiger partial charge in [-0.05, 0) is 43.2 Å². The smallest absolute Gasteiger partial charge is 0.169 e. The van der Waals surface area contributed by atoms with Crippen molar-refractivity contribution >= 4 is 11.5 Å². The Balaban J connectivity index is 2.13. The Morgan fingerprint density at radius 1 is 1.30 bits per heavy atom. The molecular formula is C16H21N3O. The molecule has 1 unspecified atom stereocenters. The van der Waals surface area contributed by atoms with E-state index in [4.69, 9.17) is 10.5 Å². The fourth-order valence-corrected chi connectivity index (χ4v) is 1.94. The number of rotatable bonds is 6. The Morgan fingerprint density at radius 3 is 2.90 bits per heavy atom. The lowest BCUT2D eigenvalue weighted by atomic mass is 10.1. The number of nitrogens with zero attached hydrogens (tertiary/aromatic N) is 1. The van der Waals surface area contributed by atoms with Gasteiger partial charge in [-0.25, -0.2) is 4.98 Å². The van der Waals surface area contributed by atoms with Gasteiger partial charge in [0.05, 0.1) is 12.6 Å². The van der Waals surface area contributed by atoms with Crippen LogP contribution in [0.25, 0.3) is 0 Å². The minimum atomic E-state index is 0.109. The average molecular weight is 271 g/mol. The van der Waals surface area contributed by atoms with Crippen molar-refractivity contribution in [2.24, 2.45) is 0 Å². The number of ether oxygens (including phenoxy) is 1. The molecule has 106 valence electrons. The van der Waals surface area contributed by atoms with Crippen LogP contribution in [-0.2, 0) is 0 Å². The third-order valence-corrected chi connectivity index (χ3v) is 3.00. The maximum Gasteiger partial charge on any atom is 0.169 e. The first kappa shape index (κ1) is 14.2. The van der Waals surface area contributed by atoms with Crippen LogP contribution in [0.1, 0.15) is 31.9 Å². The van der Waals surface area contributed by atoms with E-state index < -0.39 is 0 Å². The average Bonchev–Trinajstić information content (AvgIpc) is 2.46. The van der Waals surface area contributed by atoms with Gasteiger partial charge < -0.3 is 15.8 Å². The zero-order valence-corrected chi connectivity index (χ0v) is 12.0. The molecule has 0 radical (unpaired) electrons. The fraction of sp³-hybridized carbons (Fsp3) is 0.312. The molecule has 2 aromatic rings. The Hall–Kier alpha value is -2.23. The molecule has 4 heteroatoms. The number of aromatic nitrogens is 1. The van der Waals surface area contributed by atoms with E-state index in [2.05, 4.69) is 24.1 Å². The second-order valence-corrected chi connectivity index (χ2v) is 4.73. The van der Waals surface area contributed by atoms with Crippen molar-refractivity contribution in [2.75, 3.05) is 17.7 Å².